The minimum Gasteiger partial charge on any atom is -0.345 e. The van der Waals surface area contributed by atoms with Gasteiger partial charge in [0, 0.05) is 17.5 Å². The summed E-state index contributed by atoms with van der Waals surface area (Å²) in [6.45, 7) is 2.62. The number of rotatable bonds is 5. The van der Waals surface area contributed by atoms with Gasteiger partial charge in [0.15, 0.2) is 0 Å². The molecule has 2 heterocycles. The fraction of sp³-hybridized carbons (Fsp3) is 0.476. The zero-order valence-electron chi connectivity index (χ0n) is 15.1. The average molecular weight is 350 g/mol. The Bertz CT molecular complexity index is 766. The number of benzene rings is 1. The lowest BCUT2D eigenvalue weighted by molar-refractivity contribution is 0.0950. The molecule has 5 heteroatoms. The van der Waals surface area contributed by atoms with Gasteiger partial charge in [0.2, 0.25) is 0 Å². The van der Waals surface area contributed by atoms with Crippen molar-refractivity contribution >= 4 is 5.91 Å². The quantitative estimate of drug-likeness (QED) is 0.869. The van der Waals surface area contributed by atoms with Crippen molar-refractivity contribution in [2.75, 3.05) is 13.1 Å². The number of piperidine rings is 1. The number of aryl methyl sites for hydroxylation is 2. The number of nitrogens with zero attached hydrogens (tertiary/aromatic N) is 2. The van der Waals surface area contributed by atoms with E-state index >= 15 is 0 Å². The first kappa shape index (κ1) is 17.2. The number of aromatic nitrogens is 2. The van der Waals surface area contributed by atoms with E-state index in [1.807, 2.05) is 18.3 Å². The molecule has 1 amide bonds. The SMILES string of the molecule is O=C(NCc1ncc2c(n1)CCC2)c1ccc(C[C@H]2CCCNC2)cc1. The third-order valence-corrected chi connectivity index (χ3v) is 5.41. The molecule has 1 aliphatic heterocycles. The number of carbonyl (C=O) groups is 1. The van der Waals surface area contributed by atoms with E-state index in [9.17, 15) is 4.79 Å². The van der Waals surface area contributed by atoms with Crippen LogP contribution in [-0.2, 0) is 25.8 Å². The second kappa shape index (κ2) is 7.96. The van der Waals surface area contributed by atoms with Crippen molar-refractivity contribution in [1.29, 1.82) is 0 Å². The number of nitrogens with one attached hydrogen (secondary N) is 2. The summed E-state index contributed by atoms with van der Waals surface area (Å²) in [5.41, 5.74) is 4.39. The Morgan fingerprint density at radius 2 is 2.08 bits per heavy atom. The van der Waals surface area contributed by atoms with Crippen molar-refractivity contribution in [3.8, 4) is 0 Å². The zero-order chi connectivity index (χ0) is 17.8. The summed E-state index contributed by atoms with van der Waals surface area (Å²) < 4.78 is 0. The molecule has 136 valence electrons. The summed E-state index contributed by atoms with van der Waals surface area (Å²) in [6.07, 6.45) is 8.79. The van der Waals surface area contributed by atoms with Crippen LogP contribution in [0.5, 0.6) is 0 Å². The standard InChI is InChI=1S/C21H26N4O/c26-21(24-14-20-23-13-18-4-1-5-19(18)25-20)17-8-6-15(7-9-17)11-16-3-2-10-22-12-16/h6-9,13,16,22H,1-5,10-12,14H2,(H,24,26)/t16-/m1/s1. The molecule has 26 heavy (non-hydrogen) atoms. The van der Waals surface area contributed by atoms with Crippen LogP contribution in [0.15, 0.2) is 30.5 Å². The number of hydrogen-bond acceptors (Lipinski definition) is 4. The molecule has 0 radical (unpaired) electrons. The van der Waals surface area contributed by atoms with Gasteiger partial charge in [0.25, 0.3) is 5.91 Å². The van der Waals surface area contributed by atoms with E-state index in [1.165, 1.54) is 24.0 Å². The molecule has 1 aromatic heterocycles. The molecule has 1 aromatic carbocycles. The Labute approximate surface area is 154 Å². The first-order valence-electron chi connectivity index (χ1n) is 9.69. The van der Waals surface area contributed by atoms with Crippen LogP contribution in [0, 0.1) is 5.92 Å². The maximum atomic E-state index is 12.4. The molecule has 0 unspecified atom stereocenters. The minimum atomic E-state index is -0.0695. The first-order valence-corrected chi connectivity index (χ1v) is 9.69. The van der Waals surface area contributed by atoms with Crippen molar-refractivity contribution in [3.05, 3.63) is 58.7 Å². The Morgan fingerprint density at radius 1 is 1.19 bits per heavy atom. The molecule has 1 fully saturated rings. The highest BCUT2D eigenvalue weighted by molar-refractivity contribution is 5.94. The van der Waals surface area contributed by atoms with Crippen LogP contribution in [0.1, 0.15) is 52.3 Å². The highest BCUT2D eigenvalue weighted by Gasteiger charge is 2.15. The van der Waals surface area contributed by atoms with Gasteiger partial charge in [0.05, 0.1) is 6.54 Å². The van der Waals surface area contributed by atoms with Gasteiger partial charge in [0.1, 0.15) is 5.82 Å². The molecule has 0 saturated carbocycles. The van der Waals surface area contributed by atoms with E-state index < -0.39 is 0 Å². The van der Waals surface area contributed by atoms with Crippen LogP contribution in [-0.4, -0.2) is 29.0 Å². The topological polar surface area (TPSA) is 66.9 Å². The highest BCUT2D eigenvalue weighted by atomic mass is 16.1. The van der Waals surface area contributed by atoms with Gasteiger partial charge in [-0.25, -0.2) is 9.97 Å². The van der Waals surface area contributed by atoms with Crippen LogP contribution in [0.25, 0.3) is 0 Å². The van der Waals surface area contributed by atoms with Crippen molar-refractivity contribution in [1.82, 2.24) is 20.6 Å². The van der Waals surface area contributed by atoms with E-state index in [1.54, 1.807) is 0 Å². The van der Waals surface area contributed by atoms with Gasteiger partial charge in [-0.15, -0.1) is 0 Å². The molecule has 4 rings (SSSR count). The highest BCUT2D eigenvalue weighted by Crippen LogP contribution is 2.19. The fourth-order valence-electron chi connectivity index (χ4n) is 3.93. The van der Waals surface area contributed by atoms with Crippen LogP contribution < -0.4 is 10.6 Å². The molecule has 2 N–H and O–H groups in total. The van der Waals surface area contributed by atoms with Crippen LogP contribution in [0.2, 0.25) is 0 Å². The lowest BCUT2D eigenvalue weighted by Gasteiger charge is -2.22. The third-order valence-electron chi connectivity index (χ3n) is 5.41. The van der Waals surface area contributed by atoms with E-state index in [0.717, 1.165) is 44.5 Å². The van der Waals surface area contributed by atoms with Gasteiger partial charge < -0.3 is 10.6 Å². The second-order valence-electron chi connectivity index (χ2n) is 7.41. The van der Waals surface area contributed by atoms with Gasteiger partial charge in [-0.3, -0.25) is 4.79 Å². The molecule has 1 saturated heterocycles. The summed E-state index contributed by atoms with van der Waals surface area (Å²) in [4.78, 5) is 21.3. The Kier molecular flexibility index (Phi) is 5.25. The molecule has 5 nitrogen and oxygen atoms in total. The molecule has 1 aliphatic carbocycles. The fourth-order valence-corrected chi connectivity index (χ4v) is 3.93. The Morgan fingerprint density at radius 3 is 2.88 bits per heavy atom. The number of fused-ring (bicyclic) bond motifs is 1. The predicted octanol–water partition coefficient (Wildman–Crippen LogP) is 2.44. The zero-order valence-corrected chi connectivity index (χ0v) is 15.1. The van der Waals surface area contributed by atoms with Crippen molar-refractivity contribution in [3.63, 3.8) is 0 Å². The third kappa shape index (κ3) is 4.10. The maximum Gasteiger partial charge on any atom is 0.251 e. The summed E-state index contributed by atoms with van der Waals surface area (Å²) in [5, 5.41) is 6.39. The van der Waals surface area contributed by atoms with Crippen molar-refractivity contribution in [2.45, 2.75) is 45.1 Å². The van der Waals surface area contributed by atoms with E-state index in [2.05, 4.69) is 32.7 Å². The van der Waals surface area contributed by atoms with E-state index in [0.29, 0.717) is 23.9 Å². The number of amides is 1. The van der Waals surface area contributed by atoms with Gasteiger partial charge in [-0.05, 0) is 80.8 Å². The maximum absolute atomic E-state index is 12.4. The van der Waals surface area contributed by atoms with Crippen LogP contribution in [0.3, 0.4) is 0 Å². The summed E-state index contributed by atoms with van der Waals surface area (Å²) in [7, 11) is 0. The lowest BCUT2D eigenvalue weighted by Crippen LogP contribution is -2.30. The normalized spacial score (nSPS) is 19.2. The smallest absolute Gasteiger partial charge is 0.251 e. The van der Waals surface area contributed by atoms with Crippen molar-refractivity contribution < 1.29 is 4.79 Å². The first-order chi connectivity index (χ1) is 12.8. The molecular weight excluding hydrogens is 324 g/mol. The minimum absolute atomic E-state index is 0.0695. The molecule has 2 aliphatic rings. The van der Waals surface area contributed by atoms with Gasteiger partial charge in [-0.2, -0.15) is 0 Å². The summed E-state index contributed by atoms with van der Waals surface area (Å²) in [6, 6.07) is 8.00. The van der Waals surface area contributed by atoms with Gasteiger partial charge in [-0.1, -0.05) is 12.1 Å². The summed E-state index contributed by atoms with van der Waals surface area (Å²) in [5.74, 6) is 1.33. The van der Waals surface area contributed by atoms with E-state index in [-0.39, 0.29) is 5.91 Å². The monoisotopic (exact) mass is 350 g/mol. The molecule has 0 spiro atoms. The predicted molar refractivity (Wildman–Crippen MR) is 101 cm³/mol. The second-order valence-corrected chi connectivity index (χ2v) is 7.41. The molecule has 0 bridgehead atoms. The van der Waals surface area contributed by atoms with Crippen LogP contribution in [0.4, 0.5) is 0 Å². The van der Waals surface area contributed by atoms with E-state index in [4.69, 9.17) is 0 Å². The van der Waals surface area contributed by atoms with Crippen molar-refractivity contribution in [2.24, 2.45) is 5.92 Å². The Balaban J connectivity index is 1.31. The van der Waals surface area contributed by atoms with Crippen LogP contribution >= 0.6 is 0 Å². The Hall–Kier alpha value is -2.27. The number of hydrogen-bond donors (Lipinski definition) is 2. The lowest BCUT2D eigenvalue weighted by atomic mass is 9.92. The molecular formula is C21H26N4O. The van der Waals surface area contributed by atoms with Gasteiger partial charge >= 0.3 is 0 Å². The number of carbonyl (C=O) groups excluding carboxylic acids is 1. The average Bonchev–Trinajstić information content (AvgIpc) is 3.15. The largest absolute Gasteiger partial charge is 0.345 e. The summed E-state index contributed by atoms with van der Waals surface area (Å²) >= 11 is 0. The molecule has 1 atom stereocenters. The molecule has 2 aromatic rings.